The minimum Gasteiger partial charge on any atom is -0.322 e. The van der Waals surface area contributed by atoms with Crippen molar-refractivity contribution in [3.63, 3.8) is 0 Å². The zero-order valence-corrected chi connectivity index (χ0v) is 22.7. The fraction of sp³-hybridized carbons (Fsp3) is 0.448. The molecule has 0 bridgehead atoms. The highest BCUT2D eigenvalue weighted by Crippen LogP contribution is 2.41. The van der Waals surface area contributed by atoms with Gasteiger partial charge in [0.1, 0.15) is 6.04 Å². The molecule has 2 aromatic rings. The van der Waals surface area contributed by atoms with Crippen LogP contribution in [0, 0.1) is 6.57 Å². The van der Waals surface area contributed by atoms with E-state index in [4.69, 9.17) is 29.8 Å². The van der Waals surface area contributed by atoms with E-state index in [1.54, 1.807) is 17.0 Å². The van der Waals surface area contributed by atoms with Crippen LogP contribution in [-0.4, -0.2) is 53.2 Å². The number of carbonyl (C=O) groups is 3. The molecule has 9 heteroatoms. The third-order valence-corrected chi connectivity index (χ3v) is 8.73. The van der Waals surface area contributed by atoms with Gasteiger partial charge >= 0.3 is 0 Å². The van der Waals surface area contributed by atoms with Crippen LogP contribution in [0.4, 0.5) is 0 Å². The van der Waals surface area contributed by atoms with Crippen molar-refractivity contribution in [3.8, 4) is 0 Å². The summed E-state index contributed by atoms with van der Waals surface area (Å²) in [4.78, 5) is 45.0. The van der Waals surface area contributed by atoms with E-state index < -0.39 is 11.6 Å². The quantitative estimate of drug-likeness (QED) is 0.298. The number of likely N-dealkylation sites (tertiary alicyclic amines) is 1. The number of fused-ring (bicyclic) bond motifs is 1. The van der Waals surface area contributed by atoms with Crippen molar-refractivity contribution in [1.29, 1.82) is 0 Å². The molecule has 0 radical (unpaired) electrons. The molecule has 1 N–H and O–H groups in total. The number of imide groups is 1. The largest absolute Gasteiger partial charge is 0.322 e. The SMILES string of the molecule is [C-]#[N+]C1(c2ccc(Cl)cc2Cl)CCN(CCCCc2cccc3c2CN(C2CCC(=O)NC2=O)C3=O)CC1. The predicted molar refractivity (Wildman–Crippen MR) is 146 cm³/mol. The van der Waals surface area contributed by atoms with E-state index in [1.807, 2.05) is 18.2 Å². The predicted octanol–water partition coefficient (Wildman–Crippen LogP) is 4.99. The van der Waals surface area contributed by atoms with Gasteiger partial charge < -0.3 is 14.6 Å². The zero-order valence-electron chi connectivity index (χ0n) is 21.1. The van der Waals surface area contributed by atoms with Crippen LogP contribution in [0.25, 0.3) is 4.85 Å². The normalized spacial score (nSPS) is 21.2. The first-order chi connectivity index (χ1) is 18.3. The lowest BCUT2D eigenvalue weighted by Crippen LogP contribution is -2.52. The van der Waals surface area contributed by atoms with Crippen LogP contribution >= 0.6 is 23.2 Å². The second-order valence-electron chi connectivity index (χ2n) is 10.4. The maximum atomic E-state index is 13.0. The molecule has 0 aliphatic carbocycles. The highest BCUT2D eigenvalue weighted by atomic mass is 35.5. The van der Waals surface area contributed by atoms with Crippen molar-refractivity contribution >= 4 is 40.9 Å². The summed E-state index contributed by atoms with van der Waals surface area (Å²) in [7, 11) is 0. The van der Waals surface area contributed by atoms with Gasteiger partial charge in [-0.15, -0.1) is 0 Å². The van der Waals surface area contributed by atoms with Crippen LogP contribution in [0.15, 0.2) is 36.4 Å². The van der Waals surface area contributed by atoms with Crippen LogP contribution in [0.2, 0.25) is 10.0 Å². The number of halogens is 2. The molecule has 7 nitrogen and oxygen atoms in total. The molecule has 1 unspecified atom stereocenters. The van der Waals surface area contributed by atoms with E-state index in [0.29, 0.717) is 28.6 Å². The van der Waals surface area contributed by atoms with E-state index in [2.05, 4.69) is 21.1 Å². The Balaban J connectivity index is 1.14. The number of carbonyl (C=O) groups excluding carboxylic acids is 3. The van der Waals surface area contributed by atoms with E-state index >= 15 is 0 Å². The molecular formula is C29H30Cl2N4O3. The van der Waals surface area contributed by atoms with Crippen molar-refractivity contribution in [1.82, 2.24) is 15.1 Å². The summed E-state index contributed by atoms with van der Waals surface area (Å²) in [6, 6.07) is 10.6. The van der Waals surface area contributed by atoms with Crippen LogP contribution in [0.1, 0.15) is 65.6 Å². The minimum absolute atomic E-state index is 0.131. The fourth-order valence-corrected chi connectivity index (χ4v) is 6.57. The van der Waals surface area contributed by atoms with E-state index in [1.165, 1.54) is 0 Å². The number of piperidine rings is 2. The summed E-state index contributed by atoms with van der Waals surface area (Å²) in [5.41, 5.74) is 3.09. The monoisotopic (exact) mass is 552 g/mol. The Morgan fingerprint density at radius 3 is 2.58 bits per heavy atom. The first-order valence-electron chi connectivity index (χ1n) is 13.1. The lowest BCUT2D eigenvalue weighted by atomic mass is 9.81. The van der Waals surface area contributed by atoms with E-state index in [-0.39, 0.29) is 24.1 Å². The van der Waals surface area contributed by atoms with Gasteiger partial charge in [0.15, 0.2) is 0 Å². The summed E-state index contributed by atoms with van der Waals surface area (Å²) in [6.45, 7) is 10.9. The molecule has 0 saturated carbocycles. The summed E-state index contributed by atoms with van der Waals surface area (Å²) >= 11 is 12.5. The number of nitrogens with one attached hydrogen (secondary N) is 1. The Kier molecular flexibility index (Phi) is 7.76. The Bertz CT molecular complexity index is 1310. The molecule has 0 aromatic heterocycles. The van der Waals surface area contributed by atoms with Gasteiger partial charge in [0.25, 0.3) is 11.4 Å². The standard InChI is InChI=1S/C29H30Cl2N4O3/c1-32-29(23-9-8-20(30)17-24(23)31)12-15-34(16-13-29)14-3-2-5-19-6-4-7-21-22(19)18-35(28(21)38)25-10-11-26(36)33-27(25)37/h4,6-9,17,25H,2-3,5,10-16,18H2,(H,33,36,37). The maximum Gasteiger partial charge on any atom is 0.261 e. The fourth-order valence-electron chi connectivity index (χ4n) is 5.99. The van der Waals surface area contributed by atoms with Gasteiger partial charge in [-0.1, -0.05) is 35.3 Å². The molecule has 38 heavy (non-hydrogen) atoms. The zero-order chi connectivity index (χ0) is 26.9. The van der Waals surface area contributed by atoms with Crippen molar-refractivity contribution in [3.05, 3.63) is 80.1 Å². The Labute approximate surface area is 232 Å². The molecule has 2 saturated heterocycles. The number of hydrogen-bond donors (Lipinski definition) is 1. The highest BCUT2D eigenvalue weighted by Gasteiger charge is 2.44. The number of amides is 3. The molecular weight excluding hydrogens is 523 g/mol. The van der Waals surface area contributed by atoms with Crippen molar-refractivity contribution < 1.29 is 14.4 Å². The van der Waals surface area contributed by atoms with Gasteiger partial charge in [0, 0.05) is 49.5 Å². The molecule has 3 heterocycles. The minimum atomic E-state index is -0.594. The number of aryl methyl sites for hydroxylation is 1. The Morgan fingerprint density at radius 2 is 1.87 bits per heavy atom. The van der Waals surface area contributed by atoms with Gasteiger partial charge in [-0.05, 0) is 67.6 Å². The highest BCUT2D eigenvalue weighted by molar-refractivity contribution is 6.35. The maximum absolute atomic E-state index is 13.0. The van der Waals surface area contributed by atoms with Gasteiger partial charge in [-0.3, -0.25) is 19.7 Å². The number of hydrogen-bond acceptors (Lipinski definition) is 4. The van der Waals surface area contributed by atoms with E-state index in [0.717, 1.165) is 68.4 Å². The molecule has 2 aromatic carbocycles. The second kappa shape index (κ2) is 11.1. The summed E-state index contributed by atoms with van der Waals surface area (Å²) < 4.78 is 0. The molecule has 5 rings (SSSR count). The lowest BCUT2D eigenvalue weighted by molar-refractivity contribution is -0.136. The van der Waals surface area contributed by atoms with Gasteiger partial charge in [-0.25, -0.2) is 6.57 Å². The van der Waals surface area contributed by atoms with Gasteiger partial charge in [0.05, 0.1) is 10.6 Å². The molecule has 0 spiro atoms. The van der Waals surface area contributed by atoms with Crippen molar-refractivity contribution in [2.24, 2.45) is 0 Å². The Hall–Kier alpha value is -2.92. The number of unbranched alkanes of at least 4 members (excludes halogenated alkanes) is 1. The van der Waals surface area contributed by atoms with Gasteiger partial charge in [0.2, 0.25) is 11.8 Å². The summed E-state index contributed by atoms with van der Waals surface area (Å²) in [6.07, 6.45) is 4.96. The topological polar surface area (TPSA) is 74.1 Å². The molecule has 3 aliphatic rings. The second-order valence-corrected chi connectivity index (χ2v) is 11.3. The molecule has 3 amide bonds. The lowest BCUT2D eigenvalue weighted by Gasteiger charge is -2.34. The van der Waals surface area contributed by atoms with Crippen LogP contribution in [0.3, 0.4) is 0 Å². The number of nitrogens with zero attached hydrogens (tertiary/aromatic N) is 3. The van der Waals surface area contributed by atoms with Crippen molar-refractivity contribution in [2.75, 3.05) is 19.6 Å². The average Bonchev–Trinajstić information content (AvgIpc) is 3.24. The average molecular weight is 553 g/mol. The summed E-state index contributed by atoms with van der Waals surface area (Å²) in [5, 5.41) is 3.50. The number of benzene rings is 2. The molecule has 198 valence electrons. The first kappa shape index (κ1) is 26.7. The molecule has 1 atom stereocenters. The Morgan fingerprint density at radius 1 is 1.08 bits per heavy atom. The first-order valence-corrected chi connectivity index (χ1v) is 13.9. The smallest absolute Gasteiger partial charge is 0.261 e. The van der Waals surface area contributed by atoms with Crippen LogP contribution in [-0.2, 0) is 28.1 Å². The van der Waals surface area contributed by atoms with E-state index in [9.17, 15) is 14.4 Å². The van der Waals surface area contributed by atoms with Crippen LogP contribution < -0.4 is 5.32 Å². The van der Waals surface area contributed by atoms with Crippen LogP contribution in [0.5, 0.6) is 0 Å². The third kappa shape index (κ3) is 5.18. The molecule has 3 aliphatic heterocycles. The van der Waals surface area contributed by atoms with Gasteiger partial charge in [-0.2, -0.15) is 0 Å². The third-order valence-electron chi connectivity index (χ3n) is 8.18. The number of rotatable bonds is 7. The molecule has 2 fully saturated rings. The summed E-state index contributed by atoms with van der Waals surface area (Å²) in [5.74, 6) is -0.793. The van der Waals surface area contributed by atoms with Crippen molar-refractivity contribution in [2.45, 2.75) is 63.1 Å².